The van der Waals surface area contributed by atoms with Gasteiger partial charge >= 0.3 is 5.97 Å². The first-order valence-electron chi connectivity index (χ1n) is 6.15. The number of nitrogens with two attached hydrogens (primary N) is 1. The summed E-state index contributed by atoms with van der Waals surface area (Å²) in [7, 11) is 2.93. The minimum atomic E-state index is -0.662. The molecule has 0 saturated heterocycles. The SMILES string of the molecule is COC(=O)C(C)Oc1ccc(OC)cc1CC(C)N. The molecule has 2 unspecified atom stereocenters. The van der Waals surface area contributed by atoms with Gasteiger partial charge in [0.25, 0.3) is 0 Å². The van der Waals surface area contributed by atoms with Gasteiger partial charge in [0.15, 0.2) is 6.10 Å². The van der Waals surface area contributed by atoms with Crippen molar-refractivity contribution in [3.63, 3.8) is 0 Å². The molecular weight excluding hydrogens is 246 g/mol. The number of carbonyl (C=O) groups is 1. The minimum absolute atomic E-state index is 0.0112. The molecule has 1 aromatic rings. The fraction of sp³-hybridized carbons (Fsp3) is 0.500. The molecule has 1 rings (SSSR count). The highest BCUT2D eigenvalue weighted by atomic mass is 16.6. The lowest BCUT2D eigenvalue weighted by molar-refractivity contribution is -0.147. The molecule has 0 heterocycles. The van der Waals surface area contributed by atoms with Gasteiger partial charge in [-0.1, -0.05) is 0 Å². The zero-order valence-corrected chi connectivity index (χ0v) is 11.8. The molecule has 5 heteroatoms. The van der Waals surface area contributed by atoms with Crippen molar-refractivity contribution in [2.45, 2.75) is 32.4 Å². The minimum Gasteiger partial charge on any atom is -0.497 e. The van der Waals surface area contributed by atoms with Crippen molar-refractivity contribution in [2.24, 2.45) is 5.73 Å². The van der Waals surface area contributed by atoms with E-state index in [2.05, 4.69) is 4.74 Å². The van der Waals surface area contributed by atoms with Gasteiger partial charge < -0.3 is 19.9 Å². The monoisotopic (exact) mass is 267 g/mol. The fourth-order valence-corrected chi connectivity index (χ4v) is 1.71. The Morgan fingerprint density at radius 3 is 2.53 bits per heavy atom. The highest BCUT2D eigenvalue weighted by Gasteiger charge is 2.17. The van der Waals surface area contributed by atoms with Gasteiger partial charge in [0, 0.05) is 6.04 Å². The number of hydrogen-bond donors (Lipinski definition) is 1. The van der Waals surface area contributed by atoms with Crippen LogP contribution in [0.2, 0.25) is 0 Å². The summed E-state index contributed by atoms with van der Waals surface area (Å²) in [5, 5.41) is 0. The Bertz CT molecular complexity index is 431. The summed E-state index contributed by atoms with van der Waals surface area (Å²) in [5.41, 5.74) is 6.72. The van der Waals surface area contributed by atoms with Gasteiger partial charge in [-0.3, -0.25) is 0 Å². The number of esters is 1. The predicted molar refractivity (Wildman–Crippen MR) is 72.5 cm³/mol. The molecule has 0 amide bonds. The van der Waals surface area contributed by atoms with Gasteiger partial charge in [-0.05, 0) is 44.0 Å². The van der Waals surface area contributed by atoms with E-state index in [4.69, 9.17) is 15.2 Å². The largest absolute Gasteiger partial charge is 0.497 e. The van der Waals surface area contributed by atoms with E-state index in [0.717, 1.165) is 11.3 Å². The number of carbonyl (C=O) groups excluding carboxylic acids is 1. The van der Waals surface area contributed by atoms with E-state index >= 15 is 0 Å². The van der Waals surface area contributed by atoms with Crippen molar-refractivity contribution >= 4 is 5.97 Å². The van der Waals surface area contributed by atoms with Crippen LogP contribution in [0.1, 0.15) is 19.4 Å². The summed E-state index contributed by atoms with van der Waals surface area (Å²) in [6.07, 6.45) is -0.0225. The third-order valence-corrected chi connectivity index (χ3v) is 2.65. The van der Waals surface area contributed by atoms with Crippen LogP contribution in [0.4, 0.5) is 0 Å². The van der Waals surface area contributed by atoms with Crippen LogP contribution in [-0.4, -0.2) is 32.3 Å². The molecule has 0 saturated carbocycles. The summed E-state index contributed by atoms with van der Waals surface area (Å²) >= 11 is 0. The Morgan fingerprint density at radius 1 is 1.32 bits per heavy atom. The normalized spacial score (nSPS) is 13.5. The zero-order valence-electron chi connectivity index (χ0n) is 11.8. The summed E-state index contributed by atoms with van der Waals surface area (Å²) < 4.78 is 15.4. The highest BCUT2D eigenvalue weighted by Crippen LogP contribution is 2.26. The number of benzene rings is 1. The Balaban J connectivity index is 2.95. The smallest absolute Gasteiger partial charge is 0.346 e. The molecule has 5 nitrogen and oxygen atoms in total. The number of ether oxygens (including phenoxy) is 3. The molecule has 0 aliphatic rings. The summed E-state index contributed by atoms with van der Waals surface area (Å²) in [6, 6.07) is 5.41. The molecule has 0 radical (unpaired) electrons. The van der Waals surface area contributed by atoms with Crippen LogP contribution >= 0.6 is 0 Å². The van der Waals surface area contributed by atoms with E-state index in [1.807, 2.05) is 13.0 Å². The van der Waals surface area contributed by atoms with E-state index in [1.54, 1.807) is 26.2 Å². The van der Waals surface area contributed by atoms with E-state index < -0.39 is 12.1 Å². The van der Waals surface area contributed by atoms with Crippen molar-refractivity contribution in [3.05, 3.63) is 23.8 Å². The Labute approximate surface area is 113 Å². The standard InChI is InChI=1S/C14H21NO4/c1-9(15)7-11-8-12(17-3)5-6-13(11)19-10(2)14(16)18-4/h5-6,8-10H,7,15H2,1-4H3. The topological polar surface area (TPSA) is 70.8 Å². The third kappa shape index (κ3) is 4.44. The van der Waals surface area contributed by atoms with Gasteiger partial charge in [0.2, 0.25) is 0 Å². The van der Waals surface area contributed by atoms with Crippen molar-refractivity contribution in [1.82, 2.24) is 0 Å². The van der Waals surface area contributed by atoms with Gasteiger partial charge in [0.05, 0.1) is 14.2 Å². The average molecular weight is 267 g/mol. The van der Waals surface area contributed by atoms with Crippen LogP contribution in [0, 0.1) is 0 Å². The summed E-state index contributed by atoms with van der Waals surface area (Å²) in [5.74, 6) is 0.937. The zero-order chi connectivity index (χ0) is 14.4. The van der Waals surface area contributed by atoms with E-state index in [0.29, 0.717) is 12.2 Å². The maximum Gasteiger partial charge on any atom is 0.346 e. The summed E-state index contributed by atoms with van der Waals surface area (Å²) in [6.45, 7) is 3.55. The maximum absolute atomic E-state index is 11.4. The summed E-state index contributed by atoms with van der Waals surface area (Å²) in [4.78, 5) is 11.4. The molecule has 2 N–H and O–H groups in total. The fourth-order valence-electron chi connectivity index (χ4n) is 1.71. The molecule has 0 spiro atoms. The first kappa shape index (κ1) is 15.3. The van der Waals surface area contributed by atoms with Crippen molar-refractivity contribution in [1.29, 1.82) is 0 Å². The van der Waals surface area contributed by atoms with Crippen molar-refractivity contribution in [3.8, 4) is 11.5 Å². The number of hydrogen-bond acceptors (Lipinski definition) is 5. The van der Waals surface area contributed by atoms with Crippen LogP contribution in [0.3, 0.4) is 0 Å². The van der Waals surface area contributed by atoms with Gasteiger partial charge in [-0.15, -0.1) is 0 Å². The molecular formula is C14H21NO4. The second-order valence-corrected chi connectivity index (χ2v) is 4.44. The van der Waals surface area contributed by atoms with Crippen LogP contribution in [-0.2, 0) is 16.0 Å². The lowest BCUT2D eigenvalue weighted by atomic mass is 10.1. The second-order valence-electron chi connectivity index (χ2n) is 4.44. The van der Waals surface area contributed by atoms with Crippen molar-refractivity contribution in [2.75, 3.05) is 14.2 Å². The first-order valence-corrected chi connectivity index (χ1v) is 6.15. The van der Waals surface area contributed by atoms with E-state index in [9.17, 15) is 4.79 Å². The average Bonchev–Trinajstić information content (AvgIpc) is 2.38. The molecule has 2 atom stereocenters. The van der Waals surface area contributed by atoms with E-state index in [1.165, 1.54) is 7.11 Å². The van der Waals surface area contributed by atoms with Crippen LogP contribution < -0.4 is 15.2 Å². The van der Waals surface area contributed by atoms with Crippen LogP contribution in [0.25, 0.3) is 0 Å². The van der Waals surface area contributed by atoms with Gasteiger partial charge in [0.1, 0.15) is 11.5 Å². The molecule has 19 heavy (non-hydrogen) atoms. The first-order chi connectivity index (χ1) is 8.97. The Hall–Kier alpha value is -1.75. The van der Waals surface area contributed by atoms with E-state index in [-0.39, 0.29) is 6.04 Å². The molecule has 0 fully saturated rings. The number of rotatable bonds is 6. The molecule has 0 bridgehead atoms. The molecule has 0 aliphatic heterocycles. The quantitative estimate of drug-likeness (QED) is 0.791. The van der Waals surface area contributed by atoms with Crippen molar-refractivity contribution < 1.29 is 19.0 Å². The van der Waals surface area contributed by atoms with Gasteiger partial charge in [-0.25, -0.2) is 4.79 Å². The lowest BCUT2D eigenvalue weighted by Crippen LogP contribution is -2.26. The lowest BCUT2D eigenvalue weighted by Gasteiger charge is -2.17. The van der Waals surface area contributed by atoms with Crippen LogP contribution in [0.15, 0.2) is 18.2 Å². The Kier molecular flexibility index (Phi) is 5.63. The molecule has 106 valence electrons. The number of methoxy groups -OCH3 is 2. The predicted octanol–water partition coefficient (Wildman–Crippen LogP) is 1.53. The maximum atomic E-state index is 11.4. The highest BCUT2D eigenvalue weighted by molar-refractivity contribution is 5.74. The van der Waals surface area contributed by atoms with Crippen LogP contribution in [0.5, 0.6) is 11.5 Å². The molecule has 0 aromatic heterocycles. The Morgan fingerprint density at radius 2 is 2.00 bits per heavy atom. The second kappa shape index (κ2) is 6.99. The third-order valence-electron chi connectivity index (χ3n) is 2.65. The molecule has 0 aliphatic carbocycles. The van der Waals surface area contributed by atoms with Gasteiger partial charge in [-0.2, -0.15) is 0 Å². The molecule has 1 aromatic carbocycles.